The number of ether oxygens (including phenoxy) is 2. The Bertz CT molecular complexity index is 1080. The second kappa shape index (κ2) is 9.32. The van der Waals surface area contributed by atoms with Gasteiger partial charge in [-0.1, -0.05) is 23.7 Å². The Morgan fingerprint density at radius 3 is 2.53 bits per heavy atom. The molecule has 0 spiro atoms. The molecule has 3 atom stereocenters. The fourth-order valence-corrected chi connectivity index (χ4v) is 7.41. The van der Waals surface area contributed by atoms with Crippen LogP contribution in [0.5, 0.6) is 5.75 Å². The first-order valence-corrected chi connectivity index (χ1v) is 13.1. The van der Waals surface area contributed by atoms with Crippen molar-refractivity contribution >= 4 is 29.3 Å². The lowest BCUT2D eigenvalue weighted by Gasteiger charge is -2.51. The lowest BCUT2D eigenvalue weighted by Crippen LogP contribution is -2.55. The van der Waals surface area contributed by atoms with Crippen molar-refractivity contribution in [3.05, 3.63) is 64.2 Å². The summed E-state index contributed by atoms with van der Waals surface area (Å²) in [5, 5.41) is 0.628. The van der Waals surface area contributed by atoms with E-state index in [2.05, 4.69) is 0 Å². The normalized spacial score (nSPS) is 27.1. The highest BCUT2D eigenvalue weighted by Crippen LogP contribution is 2.53. The number of benzene rings is 2. The van der Waals surface area contributed by atoms with Crippen molar-refractivity contribution < 1.29 is 23.0 Å². The minimum absolute atomic E-state index is 0.0161. The Kier molecular flexibility index (Phi) is 6.55. The summed E-state index contributed by atoms with van der Waals surface area (Å²) in [7, 11) is 0. The smallest absolute Gasteiger partial charge is 0.233 e. The number of halogens is 3. The molecule has 1 amide bonds. The molecule has 0 radical (unpaired) electrons. The maximum Gasteiger partial charge on any atom is 0.233 e. The van der Waals surface area contributed by atoms with Crippen LogP contribution in [0.1, 0.15) is 43.2 Å². The maximum absolute atomic E-state index is 15.3. The number of nitrogens with two attached hydrogens (primary N) is 1. The van der Waals surface area contributed by atoms with Crippen LogP contribution in [0.3, 0.4) is 0 Å². The van der Waals surface area contributed by atoms with E-state index in [-0.39, 0.29) is 30.3 Å². The molecule has 5 rings (SSSR count). The lowest BCUT2D eigenvalue weighted by molar-refractivity contribution is -0.122. The SMILES string of the molecule is NC(=O)C1(SCC[C@@H]2OCC[C@@]3(Cc4ccc(Cl)cc4)c4c(F)ccc(F)c4OC[C@@H]23)CCC1. The van der Waals surface area contributed by atoms with Crippen molar-refractivity contribution in [3.63, 3.8) is 0 Å². The first-order chi connectivity index (χ1) is 16.3. The van der Waals surface area contributed by atoms with Crippen LogP contribution in [-0.4, -0.2) is 35.7 Å². The van der Waals surface area contributed by atoms with E-state index >= 15 is 4.39 Å². The van der Waals surface area contributed by atoms with Crippen LogP contribution in [0.25, 0.3) is 0 Å². The minimum Gasteiger partial charge on any atom is -0.490 e. The zero-order valence-corrected chi connectivity index (χ0v) is 20.4. The third-order valence-electron chi connectivity index (χ3n) is 7.83. The molecule has 34 heavy (non-hydrogen) atoms. The van der Waals surface area contributed by atoms with Crippen LogP contribution >= 0.6 is 23.4 Å². The van der Waals surface area contributed by atoms with Crippen molar-refractivity contribution in [2.45, 2.75) is 54.8 Å². The lowest BCUT2D eigenvalue weighted by atomic mass is 9.60. The average molecular weight is 508 g/mol. The summed E-state index contributed by atoms with van der Waals surface area (Å²) in [5.74, 6) is -0.684. The summed E-state index contributed by atoms with van der Waals surface area (Å²) in [6.45, 7) is 0.688. The Morgan fingerprint density at radius 1 is 1.12 bits per heavy atom. The van der Waals surface area contributed by atoms with E-state index in [1.165, 1.54) is 6.07 Å². The highest BCUT2D eigenvalue weighted by atomic mass is 35.5. The standard InChI is InChI=1S/C26H28ClF2NO3S/c27-17-4-2-16(3-5-17)14-25-11-12-32-21(8-13-34-26(24(30)31)9-1-10-26)18(25)15-33-23-20(29)7-6-19(28)22(23)25/h2-7,18,21H,1,8-15H2,(H2,30,31)/t18-,21-,25-/m0/s1. The second-order valence-electron chi connectivity index (χ2n) is 9.62. The molecular formula is C26H28ClF2NO3S. The van der Waals surface area contributed by atoms with Crippen LogP contribution < -0.4 is 10.5 Å². The summed E-state index contributed by atoms with van der Waals surface area (Å²) in [5.41, 5.74) is 6.31. The van der Waals surface area contributed by atoms with Gasteiger partial charge in [-0.15, -0.1) is 11.8 Å². The van der Waals surface area contributed by atoms with E-state index < -0.39 is 21.8 Å². The van der Waals surface area contributed by atoms with E-state index in [1.807, 2.05) is 24.3 Å². The van der Waals surface area contributed by atoms with Crippen LogP contribution in [0.15, 0.2) is 36.4 Å². The fraction of sp³-hybridized carbons (Fsp3) is 0.500. The van der Waals surface area contributed by atoms with E-state index in [9.17, 15) is 9.18 Å². The van der Waals surface area contributed by atoms with Gasteiger partial charge in [0.1, 0.15) is 5.82 Å². The van der Waals surface area contributed by atoms with Crippen LogP contribution in [0, 0.1) is 17.6 Å². The number of carbonyl (C=O) groups is 1. The average Bonchev–Trinajstić information content (AvgIpc) is 2.78. The molecule has 0 aromatic heterocycles. The molecule has 2 aromatic rings. The molecular weight excluding hydrogens is 480 g/mol. The molecule has 2 aromatic carbocycles. The van der Waals surface area contributed by atoms with Crippen LogP contribution in [0.2, 0.25) is 5.02 Å². The topological polar surface area (TPSA) is 61.6 Å². The molecule has 2 aliphatic heterocycles. The summed E-state index contributed by atoms with van der Waals surface area (Å²) >= 11 is 7.69. The molecule has 2 heterocycles. The molecule has 0 bridgehead atoms. The van der Waals surface area contributed by atoms with Gasteiger partial charge >= 0.3 is 0 Å². The van der Waals surface area contributed by atoms with Gasteiger partial charge in [0.05, 0.1) is 17.5 Å². The van der Waals surface area contributed by atoms with Gasteiger partial charge < -0.3 is 15.2 Å². The molecule has 2 N–H and O–H groups in total. The summed E-state index contributed by atoms with van der Waals surface area (Å²) in [6.07, 6.45) is 4.21. The van der Waals surface area contributed by atoms with Gasteiger partial charge in [0.25, 0.3) is 0 Å². The van der Waals surface area contributed by atoms with E-state index in [0.29, 0.717) is 42.2 Å². The van der Waals surface area contributed by atoms with Crippen molar-refractivity contribution in [1.82, 2.24) is 0 Å². The summed E-state index contributed by atoms with van der Waals surface area (Å²) in [4.78, 5) is 12.0. The predicted octanol–water partition coefficient (Wildman–Crippen LogP) is 5.43. The van der Waals surface area contributed by atoms with E-state index in [0.717, 1.165) is 30.9 Å². The third kappa shape index (κ3) is 4.10. The maximum atomic E-state index is 15.3. The van der Waals surface area contributed by atoms with Gasteiger partial charge in [-0.05, 0) is 74.1 Å². The van der Waals surface area contributed by atoms with Crippen molar-refractivity contribution in [2.24, 2.45) is 11.7 Å². The molecule has 1 aliphatic carbocycles. The molecule has 4 nitrogen and oxygen atoms in total. The summed E-state index contributed by atoms with van der Waals surface area (Å²) < 4.78 is 41.6. The first-order valence-electron chi connectivity index (χ1n) is 11.8. The zero-order chi connectivity index (χ0) is 23.9. The molecule has 1 saturated heterocycles. The Labute approximate surface area is 207 Å². The highest BCUT2D eigenvalue weighted by molar-refractivity contribution is 8.01. The Morgan fingerprint density at radius 2 is 1.85 bits per heavy atom. The quantitative estimate of drug-likeness (QED) is 0.543. The Balaban J connectivity index is 1.46. The van der Waals surface area contributed by atoms with Gasteiger partial charge in [0, 0.05) is 28.5 Å². The number of thioether (sulfide) groups is 1. The molecule has 0 unspecified atom stereocenters. The van der Waals surface area contributed by atoms with Gasteiger partial charge in [-0.25, -0.2) is 8.78 Å². The molecule has 1 saturated carbocycles. The first kappa shape index (κ1) is 23.9. The third-order valence-corrected chi connectivity index (χ3v) is 9.68. The number of rotatable bonds is 7. The fourth-order valence-electron chi connectivity index (χ4n) is 5.83. The molecule has 3 aliphatic rings. The monoisotopic (exact) mass is 507 g/mol. The molecule has 182 valence electrons. The summed E-state index contributed by atoms with van der Waals surface area (Å²) in [6, 6.07) is 9.83. The van der Waals surface area contributed by atoms with Crippen molar-refractivity contribution in [1.29, 1.82) is 0 Å². The zero-order valence-electron chi connectivity index (χ0n) is 18.8. The van der Waals surface area contributed by atoms with Crippen molar-refractivity contribution in [3.8, 4) is 5.75 Å². The number of hydrogen-bond acceptors (Lipinski definition) is 4. The molecule has 8 heteroatoms. The van der Waals surface area contributed by atoms with E-state index in [4.69, 9.17) is 26.8 Å². The van der Waals surface area contributed by atoms with Gasteiger partial charge in [-0.3, -0.25) is 4.79 Å². The molecule has 2 fully saturated rings. The van der Waals surface area contributed by atoms with Crippen LogP contribution in [0.4, 0.5) is 8.78 Å². The number of primary amides is 1. The number of fused-ring (bicyclic) bond motifs is 3. The predicted molar refractivity (Wildman–Crippen MR) is 129 cm³/mol. The van der Waals surface area contributed by atoms with Crippen LogP contribution in [-0.2, 0) is 21.4 Å². The van der Waals surface area contributed by atoms with Gasteiger partial charge in [0.15, 0.2) is 11.6 Å². The van der Waals surface area contributed by atoms with Crippen molar-refractivity contribution in [2.75, 3.05) is 19.0 Å². The van der Waals surface area contributed by atoms with Gasteiger partial charge in [0.2, 0.25) is 5.91 Å². The minimum atomic E-state index is -0.668. The number of carbonyl (C=O) groups excluding carboxylic acids is 1. The number of hydrogen-bond donors (Lipinski definition) is 1. The Hall–Kier alpha value is -1.83. The number of amides is 1. The second-order valence-corrected chi connectivity index (χ2v) is 11.5. The highest BCUT2D eigenvalue weighted by Gasteiger charge is 2.53. The van der Waals surface area contributed by atoms with Gasteiger partial charge in [-0.2, -0.15) is 0 Å². The largest absolute Gasteiger partial charge is 0.490 e. The van der Waals surface area contributed by atoms with E-state index in [1.54, 1.807) is 11.8 Å².